The number of benzene rings is 3. The molecule has 0 aliphatic heterocycles. The van der Waals surface area contributed by atoms with Gasteiger partial charge in [-0.25, -0.2) is 0 Å². The predicted molar refractivity (Wildman–Crippen MR) is 150 cm³/mol. The number of rotatable bonds is 12. The topological polar surface area (TPSA) is 46.5 Å². The van der Waals surface area contributed by atoms with E-state index in [1.165, 1.54) is 16.7 Å². The maximum atomic E-state index is 10.7. The molecule has 0 unspecified atom stereocenters. The van der Waals surface area contributed by atoms with Gasteiger partial charge in [0.25, 0.3) is 6.47 Å². The van der Waals surface area contributed by atoms with Crippen molar-refractivity contribution in [2.45, 2.75) is 77.9 Å². The Bertz CT molecular complexity index is 1170. The number of carbonyl (C=O) groups is 1. The molecular formula is C33H40O3. The van der Waals surface area contributed by atoms with Crippen LogP contribution in [0.15, 0.2) is 72.8 Å². The Kier molecular flexibility index (Phi) is 9.28. The van der Waals surface area contributed by atoms with Crippen LogP contribution in [0.5, 0.6) is 0 Å². The van der Waals surface area contributed by atoms with E-state index >= 15 is 0 Å². The fourth-order valence-corrected chi connectivity index (χ4v) is 5.14. The zero-order valence-corrected chi connectivity index (χ0v) is 22.4. The summed E-state index contributed by atoms with van der Waals surface area (Å²) in [7, 11) is 0. The van der Waals surface area contributed by atoms with Gasteiger partial charge in [-0.05, 0) is 71.6 Å². The van der Waals surface area contributed by atoms with Crippen molar-refractivity contribution in [2.75, 3.05) is 0 Å². The fraction of sp³-hybridized carbons (Fsp3) is 0.364. The highest BCUT2D eigenvalue weighted by atomic mass is 16.5. The molecule has 0 aromatic heterocycles. The van der Waals surface area contributed by atoms with E-state index in [9.17, 15) is 9.90 Å². The van der Waals surface area contributed by atoms with Crippen LogP contribution in [0.4, 0.5) is 0 Å². The summed E-state index contributed by atoms with van der Waals surface area (Å²) >= 11 is 0. The van der Waals surface area contributed by atoms with E-state index in [1.807, 2.05) is 38.1 Å². The number of hydrogen-bond donors (Lipinski definition) is 1. The van der Waals surface area contributed by atoms with Crippen molar-refractivity contribution >= 4 is 12.5 Å². The Balaban J connectivity index is 1.96. The number of ether oxygens (including phenoxy) is 1. The SMILES string of the molecule is CCC(O)(/C=C/c1ccc(C(CC)(CC)c2ccc(-c3ccccc3COC=O)cc2)cc1C)CC. The minimum Gasteiger partial charge on any atom is -0.463 e. The van der Waals surface area contributed by atoms with Gasteiger partial charge in [-0.15, -0.1) is 0 Å². The third-order valence-electron chi connectivity index (χ3n) is 7.90. The summed E-state index contributed by atoms with van der Waals surface area (Å²) in [5.41, 5.74) is 7.32. The van der Waals surface area contributed by atoms with Gasteiger partial charge in [0.1, 0.15) is 6.61 Å². The van der Waals surface area contributed by atoms with Gasteiger partial charge in [-0.2, -0.15) is 0 Å². The molecule has 0 aliphatic rings. The molecule has 3 aromatic carbocycles. The number of carbonyl (C=O) groups excluding carboxylic acids is 1. The monoisotopic (exact) mass is 484 g/mol. The molecule has 1 N–H and O–H groups in total. The molecule has 3 heteroatoms. The first-order valence-corrected chi connectivity index (χ1v) is 13.1. The lowest BCUT2D eigenvalue weighted by Crippen LogP contribution is -2.26. The summed E-state index contributed by atoms with van der Waals surface area (Å²) in [5, 5.41) is 10.6. The van der Waals surface area contributed by atoms with Crippen molar-refractivity contribution < 1.29 is 14.6 Å². The molecule has 0 spiro atoms. The Hall–Kier alpha value is -3.17. The summed E-state index contributed by atoms with van der Waals surface area (Å²) < 4.78 is 5.02. The van der Waals surface area contributed by atoms with Gasteiger partial charge in [0.2, 0.25) is 0 Å². The fourth-order valence-electron chi connectivity index (χ4n) is 5.14. The molecule has 3 aromatic rings. The van der Waals surface area contributed by atoms with Crippen LogP contribution in [0.3, 0.4) is 0 Å². The van der Waals surface area contributed by atoms with Gasteiger partial charge in [-0.3, -0.25) is 4.79 Å². The van der Waals surface area contributed by atoms with Gasteiger partial charge < -0.3 is 9.84 Å². The minimum absolute atomic E-state index is 0.0841. The molecule has 0 radical (unpaired) electrons. The maximum absolute atomic E-state index is 10.7. The van der Waals surface area contributed by atoms with E-state index in [0.717, 1.165) is 35.1 Å². The van der Waals surface area contributed by atoms with Crippen LogP contribution in [0.1, 0.15) is 81.2 Å². The Morgan fingerprint density at radius 1 is 0.833 bits per heavy atom. The zero-order valence-electron chi connectivity index (χ0n) is 22.4. The number of aryl methyl sites for hydroxylation is 1. The lowest BCUT2D eigenvalue weighted by atomic mass is 9.70. The predicted octanol–water partition coefficient (Wildman–Crippen LogP) is 8.01. The molecule has 3 nitrogen and oxygen atoms in total. The largest absolute Gasteiger partial charge is 0.463 e. The minimum atomic E-state index is -0.749. The van der Waals surface area contributed by atoms with Crippen molar-refractivity contribution in [3.63, 3.8) is 0 Å². The van der Waals surface area contributed by atoms with Gasteiger partial charge in [-0.1, -0.05) is 107 Å². The summed E-state index contributed by atoms with van der Waals surface area (Å²) in [6.45, 7) is 11.5. The van der Waals surface area contributed by atoms with Crippen molar-refractivity contribution in [1.82, 2.24) is 0 Å². The second-order valence-electron chi connectivity index (χ2n) is 9.65. The summed E-state index contributed by atoms with van der Waals surface area (Å²) in [4.78, 5) is 10.7. The first-order chi connectivity index (χ1) is 17.4. The van der Waals surface area contributed by atoms with Crippen LogP contribution in [-0.4, -0.2) is 17.2 Å². The van der Waals surface area contributed by atoms with E-state index in [0.29, 0.717) is 19.3 Å². The van der Waals surface area contributed by atoms with Gasteiger partial charge >= 0.3 is 0 Å². The lowest BCUT2D eigenvalue weighted by molar-refractivity contribution is -0.129. The normalized spacial score (nSPS) is 12.2. The first kappa shape index (κ1) is 27.4. The van der Waals surface area contributed by atoms with E-state index < -0.39 is 5.60 Å². The standard InChI is InChI=1S/C33H40O3/c1-6-32(35,7-2)21-20-26-14-19-30(22-25(26)5)33(8-3,9-4)29-17-15-27(16-18-29)31-13-11-10-12-28(31)23-36-24-34/h10-22,24,35H,6-9,23H2,1-5H3/b21-20+. The van der Waals surface area contributed by atoms with Crippen LogP contribution >= 0.6 is 0 Å². The zero-order chi connectivity index (χ0) is 26.2. The molecule has 0 fully saturated rings. The summed E-state index contributed by atoms with van der Waals surface area (Å²) in [6.07, 6.45) is 7.40. The Morgan fingerprint density at radius 2 is 1.47 bits per heavy atom. The van der Waals surface area contributed by atoms with Gasteiger partial charge in [0, 0.05) is 5.41 Å². The van der Waals surface area contributed by atoms with Crippen molar-refractivity contribution in [3.05, 3.63) is 101 Å². The first-order valence-electron chi connectivity index (χ1n) is 13.1. The molecule has 3 rings (SSSR count). The number of aliphatic hydroxyl groups is 1. The third kappa shape index (κ3) is 5.79. The third-order valence-corrected chi connectivity index (χ3v) is 7.90. The Labute approximate surface area is 216 Å². The highest BCUT2D eigenvalue weighted by Crippen LogP contribution is 2.40. The molecule has 0 amide bonds. The molecule has 0 bridgehead atoms. The average molecular weight is 485 g/mol. The molecule has 36 heavy (non-hydrogen) atoms. The van der Waals surface area contributed by atoms with Crippen LogP contribution in [0.2, 0.25) is 0 Å². The van der Waals surface area contributed by atoms with Crippen LogP contribution in [-0.2, 0) is 21.6 Å². The molecule has 0 heterocycles. The van der Waals surface area contributed by atoms with Crippen LogP contribution < -0.4 is 0 Å². The van der Waals surface area contributed by atoms with Crippen molar-refractivity contribution in [1.29, 1.82) is 0 Å². The van der Waals surface area contributed by atoms with Crippen LogP contribution in [0.25, 0.3) is 17.2 Å². The molecule has 0 aliphatic carbocycles. The molecular weight excluding hydrogens is 444 g/mol. The second-order valence-corrected chi connectivity index (χ2v) is 9.65. The van der Waals surface area contributed by atoms with Crippen molar-refractivity contribution in [2.24, 2.45) is 0 Å². The van der Waals surface area contributed by atoms with Gasteiger partial charge in [0.05, 0.1) is 5.60 Å². The second kappa shape index (κ2) is 12.2. The van der Waals surface area contributed by atoms with Gasteiger partial charge in [0.15, 0.2) is 0 Å². The smallest absolute Gasteiger partial charge is 0.293 e. The number of hydrogen-bond acceptors (Lipinski definition) is 3. The van der Waals surface area contributed by atoms with Crippen molar-refractivity contribution in [3.8, 4) is 11.1 Å². The van der Waals surface area contributed by atoms with E-state index in [4.69, 9.17) is 4.74 Å². The highest BCUT2D eigenvalue weighted by Gasteiger charge is 2.31. The van der Waals surface area contributed by atoms with E-state index in [1.54, 1.807) is 0 Å². The molecule has 0 atom stereocenters. The molecule has 190 valence electrons. The average Bonchev–Trinajstić information content (AvgIpc) is 2.93. The van der Waals surface area contributed by atoms with Crippen LogP contribution in [0, 0.1) is 6.92 Å². The summed E-state index contributed by atoms with van der Waals surface area (Å²) in [6, 6.07) is 23.6. The lowest BCUT2D eigenvalue weighted by Gasteiger charge is -2.34. The molecule has 0 saturated carbocycles. The molecule has 0 saturated heterocycles. The summed E-state index contributed by atoms with van der Waals surface area (Å²) in [5.74, 6) is 0. The Morgan fingerprint density at radius 3 is 2.06 bits per heavy atom. The quantitative estimate of drug-likeness (QED) is 0.265. The highest BCUT2D eigenvalue weighted by molar-refractivity contribution is 5.68. The maximum Gasteiger partial charge on any atom is 0.293 e. The van der Waals surface area contributed by atoms with E-state index in [2.05, 4.69) is 75.4 Å². The van der Waals surface area contributed by atoms with E-state index in [-0.39, 0.29) is 12.0 Å².